The third-order valence-corrected chi connectivity index (χ3v) is 5.68. The zero-order chi connectivity index (χ0) is 20.7. The van der Waals surface area contributed by atoms with Crippen LogP contribution in [0.15, 0.2) is 52.6 Å². The lowest BCUT2D eigenvalue weighted by Gasteiger charge is -2.22. The molecule has 30 heavy (non-hydrogen) atoms. The van der Waals surface area contributed by atoms with Gasteiger partial charge in [0.2, 0.25) is 11.7 Å². The van der Waals surface area contributed by atoms with Crippen LogP contribution in [0.25, 0.3) is 16.4 Å². The molecule has 150 valence electrons. The van der Waals surface area contributed by atoms with Crippen LogP contribution in [0.2, 0.25) is 0 Å². The largest absolute Gasteiger partial charge is 0.337 e. The molecule has 1 atom stereocenters. The number of aromatic nitrogens is 6. The predicted octanol–water partition coefficient (Wildman–Crippen LogP) is 1.74. The lowest BCUT2D eigenvalue weighted by Crippen LogP contribution is -2.40. The van der Waals surface area contributed by atoms with Crippen molar-refractivity contribution in [3.8, 4) is 16.4 Å². The van der Waals surface area contributed by atoms with Gasteiger partial charge >= 0.3 is 6.03 Å². The number of hydrogen-bond acceptors (Lipinski definition) is 9. The third-order valence-electron chi connectivity index (χ3n) is 4.82. The topological polar surface area (TPSA) is 132 Å². The normalized spacial score (nSPS) is 18.8. The molecule has 3 amide bonds. The van der Waals surface area contributed by atoms with E-state index in [0.29, 0.717) is 17.1 Å². The number of rotatable bonds is 5. The molecule has 1 fully saturated rings. The Morgan fingerprint density at radius 3 is 2.90 bits per heavy atom. The number of nitrogens with one attached hydrogen (secondary N) is 1. The lowest BCUT2D eigenvalue weighted by molar-refractivity contribution is -0.131. The van der Waals surface area contributed by atoms with E-state index < -0.39 is 17.5 Å². The molecule has 1 aromatic carbocycles. The van der Waals surface area contributed by atoms with Gasteiger partial charge in [-0.3, -0.25) is 9.69 Å². The second-order valence-corrected chi connectivity index (χ2v) is 7.69. The zero-order valence-corrected chi connectivity index (χ0v) is 16.4. The molecule has 0 radical (unpaired) electrons. The monoisotopic (exact) mass is 422 g/mol. The van der Waals surface area contributed by atoms with E-state index in [1.54, 1.807) is 31.2 Å². The summed E-state index contributed by atoms with van der Waals surface area (Å²) in [6.07, 6.45) is 1.45. The molecule has 12 heteroatoms. The molecule has 4 aromatic rings. The molecule has 1 unspecified atom stereocenters. The number of carbonyl (C=O) groups is 2. The Balaban J connectivity index is 1.41. The predicted molar refractivity (Wildman–Crippen MR) is 103 cm³/mol. The SMILES string of the molecule is CC1(c2cccc(-n3cnnn3)c2)NC(=O)N(Cc2nc(-c3cccs3)no2)C1=O. The average molecular weight is 422 g/mol. The lowest BCUT2D eigenvalue weighted by atomic mass is 9.91. The Kier molecular flexibility index (Phi) is 4.13. The van der Waals surface area contributed by atoms with E-state index in [9.17, 15) is 9.59 Å². The number of urea groups is 1. The summed E-state index contributed by atoms with van der Waals surface area (Å²) in [5.41, 5.74) is 0.00964. The first-order chi connectivity index (χ1) is 14.5. The molecule has 4 heterocycles. The molecule has 0 bridgehead atoms. The Morgan fingerprint density at radius 2 is 2.13 bits per heavy atom. The molecule has 0 saturated carbocycles. The van der Waals surface area contributed by atoms with Crippen molar-refractivity contribution in [1.29, 1.82) is 0 Å². The second kappa shape index (κ2) is 6.84. The van der Waals surface area contributed by atoms with Gasteiger partial charge in [-0.1, -0.05) is 23.4 Å². The van der Waals surface area contributed by atoms with E-state index in [-0.39, 0.29) is 12.4 Å². The van der Waals surface area contributed by atoms with E-state index in [2.05, 4.69) is 31.0 Å². The van der Waals surface area contributed by atoms with Crippen molar-refractivity contribution in [1.82, 2.24) is 40.6 Å². The highest BCUT2D eigenvalue weighted by molar-refractivity contribution is 7.13. The number of nitrogens with zero attached hydrogens (tertiary/aromatic N) is 7. The summed E-state index contributed by atoms with van der Waals surface area (Å²) in [5.74, 6) is 0.176. The molecular formula is C18H14N8O3S. The maximum absolute atomic E-state index is 13.2. The molecule has 1 aliphatic rings. The fourth-order valence-corrected chi connectivity index (χ4v) is 3.88. The molecule has 5 rings (SSSR count). The number of imide groups is 1. The van der Waals surface area contributed by atoms with Crippen LogP contribution >= 0.6 is 11.3 Å². The van der Waals surface area contributed by atoms with Crippen LogP contribution in [-0.4, -0.2) is 47.2 Å². The van der Waals surface area contributed by atoms with Crippen molar-refractivity contribution in [2.45, 2.75) is 19.0 Å². The molecule has 1 saturated heterocycles. The summed E-state index contributed by atoms with van der Waals surface area (Å²) in [6, 6.07) is 10.3. The van der Waals surface area contributed by atoms with Crippen LogP contribution in [0, 0.1) is 0 Å². The fourth-order valence-electron chi connectivity index (χ4n) is 3.24. The van der Waals surface area contributed by atoms with Gasteiger partial charge in [0.15, 0.2) is 0 Å². The summed E-state index contributed by atoms with van der Waals surface area (Å²) in [6.45, 7) is 1.53. The van der Waals surface area contributed by atoms with Crippen LogP contribution < -0.4 is 5.32 Å². The summed E-state index contributed by atoms with van der Waals surface area (Å²) in [7, 11) is 0. The van der Waals surface area contributed by atoms with E-state index in [4.69, 9.17) is 4.52 Å². The second-order valence-electron chi connectivity index (χ2n) is 6.74. The number of benzene rings is 1. The van der Waals surface area contributed by atoms with Gasteiger partial charge in [0.25, 0.3) is 5.91 Å². The van der Waals surface area contributed by atoms with E-state index >= 15 is 0 Å². The van der Waals surface area contributed by atoms with Gasteiger partial charge in [-0.15, -0.1) is 16.4 Å². The van der Waals surface area contributed by atoms with E-state index in [0.717, 1.165) is 9.78 Å². The van der Waals surface area contributed by atoms with Gasteiger partial charge < -0.3 is 9.84 Å². The van der Waals surface area contributed by atoms with Gasteiger partial charge in [0.1, 0.15) is 18.4 Å². The Bertz CT molecular complexity index is 1220. The smallest absolute Gasteiger partial charge is 0.325 e. The minimum atomic E-state index is -1.25. The number of carbonyl (C=O) groups excluding carboxylic acids is 2. The van der Waals surface area contributed by atoms with Crippen molar-refractivity contribution in [2.75, 3.05) is 0 Å². The van der Waals surface area contributed by atoms with Crippen LogP contribution in [0.1, 0.15) is 18.4 Å². The first-order valence-electron chi connectivity index (χ1n) is 8.89. The Hall–Kier alpha value is -3.93. The Labute approximate surface area is 173 Å². The van der Waals surface area contributed by atoms with Crippen molar-refractivity contribution in [3.05, 3.63) is 59.6 Å². The van der Waals surface area contributed by atoms with E-state index in [1.165, 1.54) is 22.3 Å². The van der Waals surface area contributed by atoms with Gasteiger partial charge in [-0.2, -0.15) is 4.98 Å². The van der Waals surface area contributed by atoms with Gasteiger partial charge in [0, 0.05) is 0 Å². The molecule has 0 aliphatic carbocycles. The van der Waals surface area contributed by atoms with Crippen molar-refractivity contribution >= 4 is 23.3 Å². The summed E-state index contributed by atoms with van der Waals surface area (Å²) < 4.78 is 6.70. The number of tetrazole rings is 1. The molecule has 1 aliphatic heterocycles. The molecule has 1 N–H and O–H groups in total. The highest BCUT2D eigenvalue weighted by Gasteiger charge is 2.49. The molecule has 0 spiro atoms. The molecule has 3 aromatic heterocycles. The summed E-state index contributed by atoms with van der Waals surface area (Å²) in [4.78, 5) is 32.0. The van der Waals surface area contributed by atoms with Gasteiger partial charge in [-0.25, -0.2) is 9.48 Å². The first-order valence-corrected chi connectivity index (χ1v) is 9.77. The summed E-state index contributed by atoms with van der Waals surface area (Å²) in [5, 5.41) is 19.7. The number of hydrogen-bond donors (Lipinski definition) is 1. The van der Waals surface area contributed by atoms with Crippen LogP contribution in [0.3, 0.4) is 0 Å². The quantitative estimate of drug-likeness (QED) is 0.481. The highest BCUT2D eigenvalue weighted by Crippen LogP contribution is 2.31. The zero-order valence-electron chi connectivity index (χ0n) is 15.6. The van der Waals surface area contributed by atoms with Gasteiger partial charge in [0.05, 0.1) is 10.6 Å². The first kappa shape index (κ1) is 18.1. The fraction of sp³-hybridized carbons (Fsp3) is 0.167. The number of thiophene rings is 1. The standard InChI is InChI=1S/C18H14N8O3S/c1-18(11-4-2-5-12(8-11)26-10-19-23-24-26)16(27)25(17(28)21-18)9-14-20-15(22-29-14)13-6-3-7-30-13/h2-8,10H,9H2,1H3,(H,21,28). The highest BCUT2D eigenvalue weighted by atomic mass is 32.1. The third kappa shape index (κ3) is 2.93. The van der Waals surface area contributed by atoms with Crippen molar-refractivity contribution < 1.29 is 14.1 Å². The van der Waals surface area contributed by atoms with Crippen LogP contribution in [0.5, 0.6) is 0 Å². The minimum absolute atomic E-state index is 0.120. The number of amides is 3. The maximum atomic E-state index is 13.2. The van der Waals surface area contributed by atoms with Crippen LogP contribution in [-0.2, 0) is 16.9 Å². The summed E-state index contributed by atoms with van der Waals surface area (Å²) >= 11 is 1.47. The maximum Gasteiger partial charge on any atom is 0.325 e. The Morgan fingerprint density at radius 1 is 1.23 bits per heavy atom. The van der Waals surface area contributed by atoms with E-state index in [1.807, 2.05) is 17.5 Å². The average Bonchev–Trinajstić information content (AvgIpc) is 3.54. The molecular weight excluding hydrogens is 408 g/mol. The van der Waals surface area contributed by atoms with Crippen molar-refractivity contribution in [2.24, 2.45) is 0 Å². The van der Waals surface area contributed by atoms with Gasteiger partial charge in [-0.05, 0) is 46.5 Å². The van der Waals surface area contributed by atoms with Crippen molar-refractivity contribution in [3.63, 3.8) is 0 Å². The van der Waals surface area contributed by atoms with Crippen LogP contribution in [0.4, 0.5) is 4.79 Å². The molecule has 11 nitrogen and oxygen atoms in total. The minimum Gasteiger partial charge on any atom is -0.337 e.